The molecule has 10 heteroatoms. The summed E-state index contributed by atoms with van der Waals surface area (Å²) in [4.78, 5) is 17.0. The van der Waals surface area contributed by atoms with Gasteiger partial charge in [-0.2, -0.15) is 0 Å². The predicted molar refractivity (Wildman–Crippen MR) is 124 cm³/mol. The van der Waals surface area contributed by atoms with Crippen LogP contribution in [0.15, 0.2) is 34.6 Å². The third-order valence-electron chi connectivity index (χ3n) is 6.14. The van der Waals surface area contributed by atoms with Crippen molar-refractivity contribution in [3.05, 3.63) is 46.7 Å². The topological polar surface area (TPSA) is 117 Å². The Labute approximate surface area is 196 Å². The summed E-state index contributed by atoms with van der Waals surface area (Å²) in [5.41, 5.74) is -0.756. The fraction of sp³-hybridized carbons (Fsp3) is 0.478. The van der Waals surface area contributed by atoms with E-state index in [9.17, 15) is 27.8 Å². The quantitative estimate of drug-likeness (QED) is 0.483. The molecular formula is C23H27FN2O5S2. The molecule has 3 N–H and O–H groups in total. The Bertz CT molecular complexity index is 1180. The molecule has 4 rings (SSSR count). The number of sulfone groups is 1. The van der Waals surface area contributed by atoms with Gasteiger partial charge in [0.15, 0.2) is 15.0 Å². The van der Waals surface area contributed by atoms with E-state index in [2.05, 4.69) is 10.3 Å². The number of aromatic nitrogens is 1. The molecular weight excluding hydrogens is 467 g/mol. The van der Waals surface area contributed by atoms with Gasteiger partial charge >= 0.3 is 0 Å². The normalized spacial score (nSPS) is 19.5. The number of carbonyl (C=O) groups is 1. The first-order valence-electron chi connectivity index (χ1n) is 11.0. The SMILES string of the molecule is CC(O)(CO)c1csc(NC(=O)C(=CC2CCCC2)c2ccc(S(=O)(=O)C3CC3)c(F)c2)n1. The van der Waals surface area contributed by atoms with Crippen molar-refractivity contribution in [3.8, 4) is 0 Å². The third-order valence-corrected chi connectivity index (χ3v) is 9.19. The molecule has 2 fully saturated rings. The van der Waals surface area contributed by atoms with Gasteiger partial charge < -0.3 is 10.2 Å². The lowest BCUT2D eigenvalue weighted by molar-refractivity contribution is -0.111. The summed E-state index contributed by atoms with van der Waals surface area (Å²) in [7, 11) is -3.69. The molecule has 2 aromatic rings. The molecule has 1 amide bonds. The molecule has 2 saturated carbocycles. The first kappa shape index (κ1) is 24.0. The maximum atomic E-state index is 14.9. The second kappa shape index (κ2) is 9.25. The second-order valence-corrected chi connectivity index (χ2v) is 12.0. The minimum Gasteiger partial charge on any atom is -0.393 e. The molecule has 0 spiro atoms. The highest BCUT2D eigenvalue weighted by Crippen LogP contribution is 2.36. The Morgan fingerprint density at radius 3 is 2.61 bits per heavy atom. The molecule has 1 heterocycles. The van der Waals surface area contributed by atoms with E-state index in [1.165, 1.54) is 19.1 Å². The van der Waals surface area contributed by atoms with Gasteiger partial charge in [-0.15, -0.1) is 11.3 Å². The smallest absolute Gasteiger partial charge is 0.257 e. The second-order valence-electron chi connectivity index (χ2n) is 8.94. The number of anilines is 1. The summed E-state index contributed by atoms with van der Waals surface area (Å²) >= 11 is 1.10. The lowest BCUT2D eigenvalue weighted by Crippen LogP contribution is -2.26. The lowest BCUT2D eigenvalue weighted by Gasteiger charge is -2.17. The molecule has 0 aliphatic heterocycles. The number of hydrogen-bond acceptors (Lipinski definition) is 7. The Kier molecular flexibility index (Phi) is 6.73. The number of amides is 1. The zero-order chi connectivity index (χ0) is 23.8. The van der Waals surface area contributed by atoms with Crippen LogP contribution in [0.3, 0.4) is 0 Å². The highest BCUT2D eigenvalue weighted by Gasteiger charge is 2.38. The molecule has 1 aromatic carbocycles. The minimum absolute atomic E-state index is 0.172. The van der Waals surface area contributed by atoms with Crippen molar-refractivity contribution in [2.45, 2.75) is 61.2 Å². The zero-order valence-corrected chi connectivity index (χ0v) is 19.9. The van der Waals surface area contributed by atoms with Crippen molar-refractivity contribution in [2.24, 2.45) is 5.92 Å². The molecule has 0 radical (unpaired) electrons. The van der Waals surface area contributed by atoms with E-state index in [0.717, 1.165) is 43.1 Å². The first-order valence-corrected chi connectivity index (χ1v) is 13.4. The average molecular weight is 495 g/mol. The van der Waals surface area contributed by atoms with Crippen LogP contribution in [0.1, 0.15) is 56.7 Å². The van der Waals surface area contributed by atoms with Crippen LogP contribution in [0.4, 0.5) is 9.52 Å². The summed E-state index contributed by atoms with van der Waals surface area (Å²) in [5, 5.41) is 23.4. The van der Waals surface area contributed by atoms with Crippen molar-refractivity contribution < 1.29 is 27.8 Å². The van der Waals surface area contributed by atoms with E-state index < -0.39 is 39.0 Å². The Balaban J connectivity index is 1.63. The number of halogens is 1. The third kappa shape index (κ3) is 5.18. The van der Waals surface area contributed by atoms with Crippen LogP contribution in [-0.4, -0.2) is 41.4 Å². The summed E-state index contributed by atoms with van der Waals surface area (Å²) in [6.45, 7) is 0.894. The van der Waals surface area contributed by atoms with E-state index in [1.807, 2.05) is 6.08 Å². The van der Waals surface area contributed by atoms with Crippen LogP contribution in [0.25, 0.3) is 5.57 Å². The molecule has 7 nitrogen and oxygen atoms in total. The van der Waals surface area contributed by atoms with Crippen molar-refractivity contribution in [1.82, 2.24) is 4.98 Å². The fourth-order valence-corrected chi connectivity index (χ4v) is 6.48. The number of allylic oxidation sites excluding steroid dienone is 1. The van der Waals surface area contributed by atoms with Crippen LogP contribution in [-0.2, 0) is 20.2 Å². The maximum Gasteiger partial charge on any atom is 0.257 e. The number of aliphatic hydroxyl groups excluding tert-OH is 1. The Hall–Kier alpha value is -2.14. The molecule has 1 atom stereocenters. The number of rotatable bonds is 8. The van der Waals surface area contributed by atoms with Gasteiger partial charge in [0, 0.05) is 11.0 Å². The zero-order valence-electron chi connectivity index (χ0n) is 18.3. The lowest BCUT2D eigenvalue weighted by atomic mass is 9.98. The molecule has 178 valence electrons. The van der Waals surface area contributed by atoms with Gasteiger partial charge in [0.05, 0.1) is 17.6 Å². The number of thiazole rings is 1. The number of nitrogens with zero attached hydrogens (tertiary/aromatic N) is 1. The molecule has 0 bridgehead atoms. The summed E-state index contributed by atoms with van der Waals surface area (Å²) in [6, 6.07) is 3.83. The largest absolute Gasteiger partial charge is 0.393 e. The predicted octanol–water partition coefficient (Wildman–Crippen LogP) is 3.63. The molecule has 2 aliphatic carbocycles. The van der Waals surface area contributed by atoms with E-state index in [4.69, 9.17) is 0 Å². The van der Waals surface area contributed by atoms with Gasteiger partial charge in [-0.3, -0.25) is 10.1 Å². The van der Waals surface area contributed by atoms with Gasteiger partial charge in [0.25, 0.3) is 5.91 Å². The minimum atomic E-state index is -3.69. The van der Waals surface area contributed by atoms with Crippen LogP contribution < -0.4 is 5.32 Å². The number of hydrogen-bond donors (Lipinski definition) is 3. The molecule has 0 saturated heterocycles. The van der Waals surface area contributed by atoms with Gasteiger partial charge in [-0.25, -0.2) is 17.8 Å². The molecule has 2 aliphatic rings. The number of nitrogens with one attached hydrogen (secondary N) is 1. The molecule has 33 heavy (non-hydrogen) atoms. The van der Waals surface area contributed by atoms with E-state index in [-0.39, 0.29) is 27.2 Å². The fourth-order valence-electron chi connectivity index (χ4n) is 3.94. The first-order chi connectivity index (χ1) is 15.6. The van der Waals surface area contributed by atoms with Crippen LogP contribution in [0, 0.1) is 11.7 Å². The van der Waals surface area contributed by atoms with E-state index in [1.54, 1.807) is 5.38 Å². The van der Waals surface area contributed by atoms with Gasteiger partial charge in [0.1, 0.15) is 16.3 Å². The van der Waals surface area contributed by atoms with E-state index >= 15 is 0 Å². The Morgan fingerprint density at radius 1 is 1.30 bits per heavy atom. The molecule has 1 unspecified atom stereocenters. The highest BCUT2D eigenvalue weighted by atomic mass is 32.2. The van der Waals surface area contributed by atoms with Crippen LogP contribution in [0.2, 0.25) is 0 Å². The van der Waals surface area contributed by atoms with Crippen molar-refractivity contribution in [2.75, 3.05) is 11.9 Å². The number of carbonyl (C=O) groups excluding carboxylic acids is 1. The summed E-state index contributed by atoms with van der Waals surface area (Å²) in [5.74, 6) is -1.19. The van der Waals surface area contributed by atoms with E-state index in [0.29, 0.717) is 18.4 Å². The number of aliphatic hydroxyl groups is 2. The Morgan fingerprint density at radius 2 is 2.00 bits per heavy atom. The molecule has 1 aromatic heterocycles. The van der Waals surface area contributed by atoms with Crippen LogP contribution in [0.5, 0.6) is 0 Å². The summed E-state index contributed by atoms with van der Waals surface area (Å²) < 4.78 is 39.8. The van der Waals surface area contributed by atoms with Crippen LogP contribution >= 0.6 is 11.3 Å². The summed E-state index contributed by atoms with van der Waals surface area (Å²) in [6.07, 6.45) is 6.85. The van der Waals surface area contributed by atoms with Gasteiger partial charge in [-0.05, 0) is 56.2 Å². The van der Waals surface area contributed by atoms with Crippen molar-refractivity contribution >= 4 is 37.8 Å². The van der Waals surface area contributed by atoms with Crippen molar-refractivity contribution in [1.29, 1.82) is 0 Å². The monoisotopic (exact) mass is 494 g/mol. The highest BCUT2D eigenvalue weighted by molar-refractivity contribution is 7.92. The number of benzene rings is 1. The van der Waals surface area contributed by atoms with Gasteiger partial charge in [-0.1, -0.05) is 25.0 Å². The maximum absolute atomic E-state index is 14.9. The van der Waals surface area contributed by atoms with Gasteiger partial charge in [0.2, 0.25) is 0 Å². The van der Waals surface area contributed by atoms with Crippen molar-refractivity contribution in [3.63, 3.8) is 0 Å². The standard InChI is InChI=1S/C23H27FN2O5S2/c1-23(29,13-27)20-12-32-22(25-20)26-21(28)17(10-14-4-2-3-5-14)15-6-9-19(18(24)11-15)33(30,31)16-7-8-16/h6,9-12,14,16,27,29H,2-5,7-8,13H2,1H3,(H,25,26,28). The average Bonchev–Trinajstić information content (AvgIpc) is 3.32.